The summed E-state index contributed by atoms with van der Waals surface area (Å²) in [6, 6.07) is 14.7. The molecule has 168 valence electrons. The number of benzene rings is 2. The molecule has 2 aromatic carbocycles. The summed E-state index contributed by atoms with van der Waals surface area (Å²) in [6.07, 6.45) is 2.02. The van der Waals surface area contributed by atoms with Crippen LogP contribution in [0, 0.1) is 12.8 Å². The molecule has 0 spiro atoms. The minimum Gasteiger partial charge on any atom is -0.481 e. The molecule has 0 saturated carbocycles. The van der Waals surface area contributed by atoms with E-state index in [2.05, 4.69) is 67.4 Å². The Morgan fingerprint density at radius 1 is 1.10 bits per heavy atom. The SMILES string of the molecule is Cc1ccc(C(C)C)c(O[C@H](C)C(=O)N[C@@H](C)c2ccc(N3CCC[C@@H](C)C3)cc2)c1. The van der Waals surface area contributed by atoms with Crippen molar-refractivity contribution in [2.75, 3.05) is 18.0 Å². The number of aryl methyl sites for hydroxylation is 1. The topological polar surface area (TPSA) is 41.6 Å². The molecule has 1 amide bonds. The number of hydrogen-bond donors (Lipinski definition) is 1. The molecule has 0 aromatic heterocycles. The van der Waals surface area contributed by atoms with Crippen LogP contribution in [0.15, 0.2) is 42.5 Å². The molecule has 0 bridgehead atoms. The van der Waals surface area contributed by atoms with Gasteiger partial charge < -0.3 is 15.0 Å². The minimum atomic E-state index is -0.559. The van der Waals surface area contributed by atoms with Crippen molar-refractivity contribution in [3.05, 3.63) is 59.2 Å². The van der Waals surface area contributed by atoms with E-state index in [-0.39, 0.29) is 11.9 Å². The Morgan fingerprint density at radius 2 is 1.81 bits per heavy atom. The highest BCUT2D eigenvalue weighted by Crippen LogP contribution is 2.29. The molecule has 1 aliphatic rings. The molecule has 31 heavy (non-hydrogen) atoms. The van der Waals surface area contributed by atoms with E-state index in [9.17, 15) is 4.79 Å². The van der Waals surface area contributed by atoms with E-state index >= 15 is 0 Å². The number of nitrogens with zero attached hydrogens (tertiary/aromatic N) is 1. The summed E-state index contributed by atoms with van der Waals surface area (Å²) in [5, 5.41) is 3.11. The van der Waals surface area contributed by atoms with E-state index in [1.165, 1.54) is 18.5 Å². The molecular weight excluding hydrogens is 384 g/mol. The monoisotopic (exact) mass is 422 g/mol. The summed E-state index contributed by atoms with van der Waals surface area (Å²) in [6.45, 7) is 14.7. The predicted octanol–water partition coefficient (Wildman–Crippen LogP) is 6.00. The van der Waals surface area contributed by atoms with E-state index in [1.807, 2.05) is 26.8 Å². The van der Waals surface area contributed by atoms with Crippen LogP contribution in [0.2, 0.25) is 0 Å². The third-order valence-electron chi connectivity index (χ3n) is 6.24. The van der Waals surface area contributed by atoms with Crippen LogP contribution in [0.25, 0.3) is 0 Å². The fourth-order valence-electron chi connectivity index (χ4n) is 4.28. The third kappa shape index (κ3) is 6.03. The lowest BCUT2D eigenvalue weighted by Gasteiger charge is -2.33. The van der Waals surface area contributed by atoms with Crippen LogP contribution in [0.3, 0.4) is 0 Å². The lowest BCUT2D eigenvalue weighted by molar-refractivity contribution is -0.127. The first kappa shape index (κ1) is 23.2. The number of ether oxygens (including phenoxy) is 1. The molecule has 3 rings (SSSR count). The molecule has 4 heteroatoms. The Balaban J connectivity index is 1.60. The Labute approximate surface area is 188 Å². The molecule has 0 aliphatic carbocycles. The second kappa shape index (κ2) is 10.2. The quantitative estimate of drug-likeness (QED) is 0.595. The number of carbonyl (C=O) groups is 1. The minimum absolute atomic E-state index is 0.0741. The summed E-state index contributed by atoms with van der Waals surface area (Å²) in [5.41, 5.74) is 4.63. The molecule has 1 saturated heterocycles. The largest absolute Gasteiger partial charge is 0.481 e. The van der Waals surface area contributed by atoms with E-state index in [1.54, 1.807) is 0 Å². The van der Waals surface area contributed by atoms with Crippen molar-refractivity contribution in [3.8, 4) is 5.75 Å². The van der Waals surface area contributed by atoms with Gasteiger partial charge in [0.15, 0.2) is 6.10 Å². The number of nitrogens with one attached hydrogen (secondary N) is 1. The molecule has 2 aromatic rings. The second-order valence-electron chi connectivity index (χ2n) is 9.47. The summed E-state index contributed by atoms with van der Waals surface area (Å²) in [7, 11) is 0. The second-order valence-corrected chi connectivity index (χ2v) is 9.47. The fraction of sp³-hybridized carbons (Fsp3) is 0.519. The first-order valence-corrected chi connectivity index (χ1v) is 11.7. The van der Waals surface area contributed by atoms with Gasteiger partial charge in [-0.3, -0.25) is 4.79 Å². The van der Waals surface area contributed by atoms with Crippen molar-refractivity contribution >= 4 is 11.6 Å². The fourth-order valence-corrected chi connectivity index (χ4v) is 4.28. The first-order valence-electron chi connectivity index (χ1n) is 11.7. The molecule has 1 fully saturated rings. The number of anilines is 1. The number of hydrogen-bond acceptors (Lipinski definition) is 3. The van der Waals surface area contributed by atoms with Crippen molar-refractivity contribution < 1.29 is 9.53 Å². The average Bonchev–Trinajstić information content (AvgIpc) is 2.73. The van der Waals surface area contributed by atoms with Crippen molar-refractivity contribution in [3.63, 3.8) is 0 Å². The lowest BCUT2D eigenvalue weighted by atomic mass is 9.99. The van der Waals surface area contributed by atoms with Crippen LogP contribution >= 0.6 is 0 Å². The van der Waals surface area contributed by atoms with E-state index in [0.717, 1.165) is 41.4 Å². The number of piperidine rings is 1. The van der Waals surface area contributed by atoms with Crippen LogP contribution in [-0.2, 0) is 4.79 Å². The number of amides is 1. The maximum Gasteiger partial charge on any atom is 0.261 e. The van der Waals surface area contributed by atoms with Gasteiger partial charge >= 0.3 is 0 Å². The summed E-state index contributed by atoms with van der Waals surface area (Å²) in [4.78, 5) is 15.3. The van der Waals surface area contributed by atoms with Gasteiger partial charge in [-0.1, -0.05) is 45.0 Å². The van der Waals surface area contributed by atoms with Gasteiger partial charge in [-0.15, -0.1) is 0 Å². The smallest absolute Gasteiger partial charge is 0.261 e. The van der Waals surface area contributed by atoms with Crippen LogP contribution in [-0.4, -0.2) is 25.1 Å². The third-order valence-corrected chi connectivity index (χ3v) is 6.24. The molecule has 1 N–H and O–H groups in total. The molecule has 1 heterocycles. The van der Waals surface area contributed by atoms with Gasteiger partial charge in [0.25, 0.3) is 5.91 Å². The molecular formula is C27H38N2O2. The van der Waals surface area contributed by atoms with Gasteiger partial charge in [-0.2, -0.15) is 0 Å². The highest BCUT2D eigenvalue weighted by molar-refractivity contribution is 5.81. The molecule has 1 aliphatic heterocycles. The Kier molecular flexibility index (Phi) is 7.64. The molecule has 3 atom stereocenters. The molecule has 0 unspecified atom stereocenters. The Bertz CT molecular complexity index is 875. The van der Waals surface area contributed by atoms with E-state index < -0.39 is 6.10 Å². The van der Waals surface area contributed by atoms with Crippen molar-refractivity contribution in [2.45, 2.75) is 72.4 Å². The van der Waals surface area contributed by atoms with Gasteiger partial charge in [0.05, 0.1) is 6.04 Å². The first-order chi connectivity index (χ1) is 14.7. The lowest BCUT2D eigenvalue weighted by Crippen LogP contribution is -2.38. The average molecular weight is 423 g/mol. The van der Waals surface area contributed by atoms with Gasteiger partial charge in [-0.25, -0.2) is 0 Å². The Hall–Kier alpha value is -2.49. The summed E-state index contributed by atoms with van der Waals surface area (Å²) >= 11 is 0. The summed E-state index contributed by atoms with van der Waals surface area (Å²) < 4.78 is 6.08. The normalized spacial score (nSPS) is 18.5. The Morgan fingerprint density at radius 3 is 2.45 bits per heavy atom. The van der Waals surface area contributed by atoms with Crippen LogP contribution in [0.1, 0.15) is 76.1 Å². The number of rotatable bonds is 7. The van der Waals surface area contributed by atoms with Crippen molar-refractivity contribution in [1.82, 2.24) is 5.32 Å². The molecule has 4 nitrogen and oxygen atoms in total. The van der Waals surface area contributed by atoms with Gasteiger partial charge in [0.1, 0.15) is 5.75 Å². The van der Waals surface area contributed by atoms with Crippen molar-refractivity contribution in [2.24, 2.45) is 5.92 Å². The van der Waals surface area contributed by atoms with E-state index in [0.29, 0.717) is 5.92 Å². The van der Waals surface area contributed by atoms with Crippen LogP contribution in [0.4, 0.5) is 5.69 Å². The number of carbonyl (C=O) groups excluding carboxylic acids is 1. The van der Waals surface area contributed by atoms with Crippen LogP contribution in [0.5, 0.6) is 5.75 Å². The highest BCUT2D eigenvalue weighted by Gasteiger charge is 2.21. The standard InChI is InChI=1S/C27H38N2O2/c1-18(2)25-14-9-19(3)16-26(25)31-22(6)27(30)28-21(5)23-10-12-24(13-11-23)29-15-7-8-20(4)17-29/h9-14,16,18,20-22H,7-8,15,17H2,1-6H3,(H,28,30)/t20-,21+,22-/m1/s1. The van der Waals surface area contributed by atoms with E-state index in [4.69, 9.17) is 4.74 Å². The van der Waals surface area contributed by atoms with Crippen LogP contribution < -0.4 is 15.0 Å². The van der Waals surface area contributed by atoms with Gasteiger partial charge in [0, 0.05) is 18.8 Å². The maximum absolute atomic E-state index is 12.8. The summed E-state index contributed by atoms with van der Waals surface area (Å²) in [5.74, 6) is 1.78. The zero-order valence-electron chi connectivity index (χ0n) is 19.9. The van der Waals surface area contributed by atoms with Gasteiger partial charge in [0.2, 0.25) is 0 Å². The zero-order chi connectivity index (χ0) is 22.5. The van der Waals surface area contributed by atoms with Crippen molar-refractivity contribution in [1.29, 1.82) is 0 Å². The van der Waals surface area contributed by atoms with Gasteiger partial charge in [-0.05, 0) is 80.3 Å². The predicted molar refractivity (Wildman–Crippen MR) is 129 cm³/mol. The highest BCUT2D eigenvalue weighted by atomic mass is 16.5. The molecule has 0 radical (unpaired) electrons. The zero-order valence-corrected chi connectivity index (χ0v) is 19.9. The maximum atomic E-state index is 12.8.